The third-order valence-corrected chi connectivity index (χ3v) is 4.02. The van der Waals surface area contributed by atoms with Crippen LogP contribution < -0.4 is 5.32 Å². The summed E-state index contributed by atoms with van der Waals surface area (Å²) < 4.78 is 13.9. The monoisotopic (exact) mass is 300 g/mol. The molecule has 0 aliphatic carbocycles. The molecule has 1 saturated heterocycles. The molecule has 1 heterocycles. The van der Waals surface area contributed by atoms with Gasteiger partial charge in [0.15, 0.2) is 0 Å². The summed E-state index contributed by atoms with van der Waals surface area (Å²) in [4.78, 5) is 2.43. The van der Waals surface area contributed by atoms with E-state index in [2.05, 4.69) is 40.0 Å². The van der Waals surface area contributed by atoms with Gasteiger partial charge in [-0.25, -0.2) is 4.39 Å². The lowest BCUT2D eigenvalue weighted by Gasteiger charge is -2.37. The van der Waals surface area contributed by atoms with E-state index in [1.165, 1.54) is 12.1 Å². The van der Waals surface area contributed by atoms with Crippen LogP contribution in [0.15, 0.2) is 22.7 Å². The highest BCUT2D eigenvalue weighted by Crippen LogP contribution is 2.21. The average Bonchev–Trinajstić information content (AvgIpc) is 2.27. The van der Waals surface area contributed by atoms with Gasteiger partial charge >= 0.3 is 0 Å². The van der Waals surface area contributed by atoms with Crippen LogP contribution in [0.1, 0.15) is 19.4 Å². The van der Waals surface area contributed by atoms with Crippen LogP contribution in [0.25, 0.3) is 0 Å². The third kappa shape index (κ3) is 3.27. The van der Waals surface area contributed by atoms with Gasteiger partial charge in [0.25, 0.3) is 0 Å². The minimum absolute atomic E-state index is 0.192. The van der Waals surface area contributed by atoms with Gasteiger partial charge in [-0.05, 0) is 31.5 Å². The predicted octanol–water partition coefficient (Wildman–Crippen LogP) is 2.77. The Labute approximate surface area is 110 Å². The van der Waals surface area contributed by atoms with Crippen LogP contribution in [-0.2, 0) is 6.54 Å². The quantitative estimate of drug-likeness (QED) is 0.903. The molecule has 1 aliphatic heterocycles. The summed E-state index contributed by atoms with van der Waals surface area (Å²) in [7, 11) is 0. The zero-order valence-electron chi connectivity index (χ0n) is 10.2. The summed E-state index contributed by atoms with van der Waals surface area (Å²) in [6.07, 6.45) is 0. The van der Waals surface area contributed by atoms with Crippen molar-refractivity contribution in [3.63, 3.8) is 0 Å². The maximum atomic E-state index is 13.0. The fraction of sp³-hybridized carbons (Fsp3) is 0.538. The molecule has 17 heavy (non-hydrogen) atoms. The molecule has 0 saturated carbocycles. The van der Waals surface area contributed by atoms with Gasteiger partial charge in [-0.2, -0.15) is 0 Å². The Bertz CT molecular complexity index is 397. The molecule has 4 heteroatoms. The van der Waals surface area contributed by atoms with Crippen molar-refractivity contribution in [3.8, 4) is 0 Å². The van der Waals surface area contributed by atoms with E-state index < -0.39 is 0 Å². The van der Waals surface area contributed by atoms with Crippen molar-refractivity contribution >= 4 is 15.9 Å². The van der Waals surface area contributed by atoms with E-state index in [4.69, 9.17) is 0 Å². The van der Waals surface area contributed by atoms with Crippen molar-refractivity contribution in [2.45, 2.75) is 32.5 Å². The summed E-state index contributed by atoms with van der Waals surface area (Å²) in [5, 5.41) is 3.46. The molecule has 1 aromatic carbocycles. The third-order valence-electron chi connectivity index (χ3n) is 3.28. The molecule has 0 amide bonds. The number of halogens is 2. The van der Waals surface area contributed by atoms with Crippen molar-refractivity contribution in [1.29, 1.82) is 0 Å². The van der Waals surface area contributed by atoms with Gasteiger partial charge in [0.05, 0.1) is 0 Å². The number of nitrogens with one attached hydrogen (secondary N) is 1. The molecule has 2 atom stereocenters. The molecule has 1 aromatic rings. The van der Waals surface area contributed by atoms with E-state index in [1.807, 2.05) is 6.07 Å². The molecule has 94 valence electrons. The number of hydrogen-bond acceptors (Lipinski definition) is 2. The molecule has 0 radical (unpaired) electrons. The Morgan fingerprint density at radius 3 is 2.94 bits per heavy atom. The predicted molar refractivity (Wildman–Crippen MR) is 71.4 cm³/mol. The van der Waals surface area contributed by atoms with E-state index in [0.717, 1.165) is 29.7 Å². The first-order valence-electron chi connectivity index (χ1n) is 5.97. The van der Waals surface area contributed by atoms with Crippen molar-refractivity contribution in [2.24, 2.45) is 0 Å². The molecule has 2 unspecified atom stereocenters. The van der Waals surface area contributed by atoms with Gasteiger partial charge in [0.1, 0.15) is 5.82 Å². The van der Waals surface area contributed by atoms with Gasteiger partial charge in [-0.15, -0.1) is 0 Å². The van der Waals surface area contributed by atoms with Gasteiger partial charge in [-0.3, -0.25) is 4.90 Å². The number of nitrogens with zero attached hydrogens (tertiary/aromatic N) is 1. The van der Waals surface area contributed by atoms with Crippen LogP contribution in [0.2, 0.25) is 0 Å². The van der Waals surface area contributed by atoms with Gasteiger partial charge < -0.3 is 5.32 Å². The van der Waals surface area contributed by atoms with E-state index in [-0.39, 0.29) is 5.82 Å². The molecule has 1 aliphatic rings. The minimum atomic E-state index is -0.192. The Morgan fingerprint density at radius 1 is 1.47 bits per heavy atom. The lowest BCUT2D eigenvalue weighted by molar-refractivity contribution is 0.138. The Hall–Kier alpha value is -0.450. The van der Waals surface area contributed by atoms with Crippen molar-refractivity contribution in [1.82, 2.24) is 10.2 Å². The maximum Gasteiger partial charge on any atom is 0.124 e. The molecule has 0 bridgehead atoms. The summed E-state index contributed by atoms with van der Waals surface area (Å²) in [5.41, 5.74) is 1.15. The second-order valence-corrected chi connectivity index (χ2v) is 5.68. The summed E-state index contributed by atoms with van der Waals surface area (Å²) in [6.45, 7) is 7.33. The van der Waals surface area contributed by atoms with Crippen LogP contribution in [0.3, 0.4) is 0 Å². The van der Waals surface area contributed by atoms with Crippen LogP contribution in [-0.4, -0.2) is 30.1 Å². The molecule has 1 fully saturated rings. The fourth-order valence-corrected chi connectivity index (χ4v) is 2.66. The maximum absolute atomic E-state index is 13.0. The first-order valence-corrected chi connectivity index (χ1v) is 6.77. The molecule has 0 aromatic heterocycles. The first kappa shape index (κ1) is 13.0. The smallest absolute Gasteiger partial charge is 0.124 e. The SMILES string of the molecule is CC1CN(Cc2ccc(F)cc2Br)C(C)CN1. The first-order chi connectivity index (χ1) is 8.06. The van der Waals surface area contributed by atoms with Crippen LogP contribution in [0.5, 0.6) is 0 Å². The molecular formula is C13H18BrFN2. The second kappa shape index (κ2) is 5.46. The van der Waals surface area contributed by atoms with E-state index in [1.54, 1.807) is 0 Å². The Morgan fingerprint density at radius 2 is 2.24 bits per heavy atom. The number of piperazine rings is 1. The number of benzene rings is 1. The summed E-state index contributed by atoms with van der Waals surface area (Å²) in [6, 6.07) is 5.95. The van der Waals surface area contributed by atoms with Crippen molar-refractivity contribution in [2.75, 3.05) is 13.1 Å². The molecule has 2 rings (SSSR count). The van der Waals surface area contributed by atoms with Crippen molar-refractivity contribution < 1.29 is 4.39 Å². The largest absolute Gasteiger partial charge is 0.311 e. The van der Waals surface area contributed by atoms with E-state index in [9.17, 15) is 4.39 Å². The van der Waals surface area contributed by atoms with Crippen LogP contribution >= 0.6 is 15.9 Å². The zero-order chi connectivity index (χ0) is 12.4. The van der Waals surface area contributed by atoms with Gasteiger partial charge in [0, 0.05) is 36.2 Å². The lowest BCUT2D eigenvalue weighted by atomic mass is 10.1. The number of hydrogen-bond donors (Lipinski definition) is 1. The van der Waals surface area contributed by atoms with Crippen LogP contribution in [0.4, 0.5) is 4.39 Å². The highest BCUT2D eigenvalue weighted by atomic mass is 79.9. The molecule has 0 spiro atoms. The minimum Gasteiger partial charge on any atom is -0.311 e. The highest BCUT2D eigenvalue weighted by molar-refractivity contribution is 9.10. The summed E-state index contributed by atoms with van der Waals surface area (Å²) in [5.74, 6) is -0.192. The molecule has 2 nitrogen and oxygen atoms in total. The molecule has 1 N–H and O–H groups in total. The topological polar surface area (TPSA) is 15.3 Å². The second-order valence-electron chi connectivity index (χ2n) is 4.82. The summed E-state index contributed by atoms with van der Waals surface area (Å²) >= 11 is 3.43. The lowest BCUT2D eigenvalue weighted by Crippen LogP contribution is -2.53. The highest BCUT2D eigenvalue weighted by Gasteiger charge is 2.22. The van der Waals surface area contributed by atoms with E-state index in [0.29, 0.717) is 12.1 Å². The zero-order valence-corrected chi connectivity index (χ0v) is 11.8. The number of rotatable bonds is 2. The fourth-order valence-electron chi connectivity index (χ4n) is 2.19. The Kier molecular flexibility index (Phi) is 4.17. The van der Waals surface area contributed by atoms with Crippen molar-refractivity contribution in [3.05, 3.63) is 34.1 Å². The van der Waals surface area contributed by atoms with Crippen LogP contribution in [0, 0.1) is 5.82 Å². The van der Waals surface area contributed by atoms with Gasteiger partial charge in [0.2, 0.25) is 0 Å². The standard InChI is InChI=1S/C13H18BrFN2/c1-9-7-17(10(2)6-16-9)8-11-3-4-12(15)5-13(11)14/h3-5,9-10,16H,6-8H2,1-2H3. The normalized spacial score (nSPS) is 26.1. The Balaban J connectivity index is 2.08. The molecular weight excluding hydrogens is 283 g/mol. The van der Waals surface area contributed by atoms with Gasteiger partial charge in [-0.1, -0.05) is 22.0 Å². The average molecular weight is 301 g/mol. The van der Waals surface area contributed by atoms with E-state index >= 15 is 0 Å².